The highest BCUT2D eigenvalue weighted by atomic mass is 16.5. The Morgan fingerprint density at radius 1 is 1.45 bits per heavy atom. The van der Waals surface area contributed by atoms with Gasteiger partial charge >= 0.3 is 0 Å². The molecule has 0 aliphatic carbocycles. The molecule has 5 heteroatoms. The predicted octanol–water partition coefficient (Wildman–Crippen LogP) is 2.42. The molecule has 0 amide bonds. The molecule has 2 aromatic heterocycles. The van der Waals surface area contributed by atoms with Crippen LogP contribution in [0.1, 0.15) is 30.9 Å². The molecule has 0 saturated carbocycles. The normalized spacial score (nSPS) is 11.4. The van der Waals surface area contributed by atoms with Gasteiger partial charge in [0.1, 0.15) is 12.3 Å². The van der Waals surface area contributed by atoms with E-state index in [0.29, 0.717) is 12.5 Å². The summed E-state index contributed by atoms with van der Waals surface area (Å²) in [5.74, 6) is 1.43. The average Bonchev–Trinajstić information content (AvgIpc) is 3.00. The van der Waals surface area contributed by atoms with Gasteiger partial charge in [0.15, 0.2) is 5.76 Å². The average molecular weight is 277 g/mol. The summed E-state index contributed by atoms with van der Waals surface area (Å²) in [6.45, 7) is 7.54. The van der Waals surface area contributed by atoms with Crippen molar-refractivity contribution in [1.29, 1.82) is 0 Å². The van der Waals surface area contributed by atoms with Crippen LogP contribution in [0.4, 0.5) is 0 Å². The largest absolute Gasteiger partial charge is 0.377 e. The Hall–Kier alpha value is -1.59. The Balaban J connectivity index is 1.85. The highest BCUT2D eigenvalue weighted by molar-refractivity contribution is 5.12. The first kappa shape index (κ1) is 14.8. The van der Waals surface area contributed by atoms with Crippen molar-refractivity contribution in [3.63, 3.8) is 0 Å². The second-order valence-electron chi connectivity index (χ2n) is 5.43. The smallest absolute Gasteiger partial charge is 0.162 e. The van der Waals surface area contributed by atoms with Crippen LogP contribution in [0.25, 0.3) is 0 Å². The lowest BCUT2D eigenvalue weighted by Gasteiger charge is -2.05. The van der Waals surface area contributed by atoms with Crippen LogP contribution in [0, 0.1) is 5.92 Å². The lowest BCUT2D eigenvalue weighted by Crippen LogP contribution is -2.18. The van der Waals surface area contributed by atoms with Crippen molar-refractivity contribution in [1.82, 2.24) is 15.0 Å². The molecule has 0 atom stereocenters. The molecule has 2 rings (SSSR count). The number of hydrogen-bond donors (Lipinski definition) is 1. The lowest BCUT2D eigenvalue weighted by atomic mass is 10.2. The van der Waals surface area contributed by atoms with E-state index in [-0.39, 0.29) is 0 Å². The minimum Gasteiger partial charge on any atom is -0.377 e. The van der Waals surface area contributed by atoms with Crippen molar-refractivity contribution in [2.45, 2.75) is 33.5 Å². The predicted molar refractivity (Wildman–Crippen MR) is 77.3 cm³/mol. The fraction of sp³-hybridized carbons (Fsp3) is 0.533. The molecule has 110 valence electrons. The van der Waals surface area contributed by atoms with Crippen molar-refractivity contribution in [2.24, 2.45) is 5.92 Å². The van der Waals surface area contributed by atoms with Gasteiger partial charge in [-0.2, -0.15) is 0 Å². The monoisotopic (exact) mass is 277 g/mol. The zero-order valence-corrected chi connectivity index (χ0v) is 12.4. The molecule has 0 aliphatic rings. The van der Waals surface area contributed by atoms with Gasteiger partial charge in [0.25, 0.3) is 0 Å². The van der Waals surface area contributed by atoms with E-state index in [1.54, 1.807) is 7.11 Å². The molecular formula is C15H23N3O2. The van der Waals surface area contributed by atoms with E-state index in [0.717, 1.165) is 31.1 Å². The van der Waals surface area contributed by atoms with Gasteiger partial charge in [-0.15, -0.1) is 0 Å². The van der Waals surface area contributed by atoms with Crippen LogP contribution in [0.15, 0.2) is 29.0 Å². The number of hydrogen-bond acceptors (Lipinski definition) is 4. The number of nitrogens with one attached hydrogen (secondary N) is 1. The zero-order chi connectivity index (χ0) is 14.4. The SMILES string of the molecule is COCc1cc(Cn2ccc(CNCC(C)C)c2)no1. The van der Waals surface area contributed by atoms with Gasteiger partial charge in [-0.3, -0.25) is 0 Å². The number of nitrogens with zero attached hydrogens (tertiary/aromatic N) is 2. The van der Waals surface area contributed by atoms with E-state index in [2.05, 4.69) is 47.3 Å². The van der Waals surface area contributed by atoms with Gasteiger partial charge in [0, 0.05) is 32.1 Å². The Bertz CT molecular complexity index is 517. The topological polar surface area (TPSA) is 52.2 Å². The van der Waals surface area contributed by atoms with Crippen molar-refractivity contribution >= 4 is 0 Å². The lowest BCUT2D eigenvalue weighted by molar-refractivity contribution is 0.155. The van der Waals surface area contributed by atoms with Crippen molar-refractivity contribution < 1.29 is 9.26 Å². The van der Waals surface area contributed by atoms with E-state index in [4.69, 9.17) is 9.26 Å². The fourth-order valence-electron chi connectivity index (χ4n) is 2.03. The van der Waals surface area contributed by atoms with Gasteiger partial charge in [0.05, 0.1) is 6.54 Å². The summed E-state index contributed by atoms with van der Waals surface area (Å²) >= 11 is 0. The third-order valence-electron chi connectivity index (χ3n) is 2.93. The first-order valence-corrected chi connectivity index (χ1v) is 6.96. The Morgan fingerprint density at radius 3 is 3.05 bits per heavy atom. The number of rotatable bonds is 8. The molecule has 0 bridgehead atoms. The van der Waals surface area contributed by atoms with E-state index < -0.39 is 0 Å². The summed E-state index contributed by atoms with van der Waals surface area (Å²) in [6.07, 6.45) is 4.20. The highest BCUT2D eigenvalue weighted by Gasteiger charge is 2.05. The molecule has 0 saturated heterocycles. The minimum atomic E-state index is 0.461. The van der Waals surface area contributed by atoms with Crippen molar-refractivity contribution in [3.05, 3.63) is 41.5 Å². The molecule has 2 heterocycles. The summed E-state index contributed by atoms with van der Waals surface area (Å²) < 4.78 is 12.3. The van der Waals surface area contributed by atoms with E-state index in [1.165, 1.54) is 5.56 Å². The van der Waals surface area contributed by atoms with Gasteiger partial charge in [0.2, 0.25) is 0 Å². The van der Waals surface area contributed by atoms with E-state index in [1.807, 2.05) is 6.07 Å². The summed E-state index contributed by atoms with van der Waals surface area (Å²) in [7, 11) is 1.64. The summed E-state index contributed by atoms with van der Waals surface area (Å²) in [5, 5.41) is 7.47. The molecular weight excluding hydrogens is 254 g/mol. The molecule has 0 fully saturated rings. The number of methoxy groups -OCH3 is 1. The van der Waals surface area contributed by atoms with Crippen LogP contribution >= 0.6 is 0 Å². The molecule has 5 nitrogen and oxygen atoms in total. The third-order valence-corrected chi connectivity index (χ3v) is 2.93. The van der Waals surface area contributed by atoms with Crippen molar-refractivity contribution in [3.8, 4) is 0 Å². The van der Waals surface area contributed by atoms with Gasteiger partial charge in [-0.05, 0) is 24.1 Å². The van der Waals surface area contributed by atoms with Crippen LogP contribution in [0.3, 0.4) is 0 Å². The molecule has 2 aromatic rings. The summed E-state index contributed by atoms with van der Waals surface area (Å²) in [6, 6.07) is 4.06. The highest BCUT2D eigenvalue weighted by Crippen LogP contribution is 2.08. The molecule has 0 aromatic carbocycles. The molecule has 0 aliphatic heterocycles. The summed E-state index contributed by atoms with van der Waals surface area (Å²) in [5.41, 5.74) is 2.19. The Labute approximate surface area is 119 Å². The first-order chi connectivity index (χ1) is 9.67. The van der Waals surface area contributed by atoms with Gasteiger partial charge < -0.3 is 19.1 Å². The number of ether oxygens (including phenoxy) is 1. The maximum absolute atomic E-state index is 5.17. The molecule has 0 unspecified atom stereocenters. The van der Waals surface area contributed by atoms with Crippen LogP contribution in [0.5, 0.6) is 0 Å². The quantitative estimate of drug-likeness (QED) is 0.805. The molecule has 0 spiro atoms. The van der Waals surface area contributed by atoms with Crippen molar-refractivity contribution in [2.75, 3.05) is 13.7 Å². The van der Waals surface area contributed by atoms with Gasteiger partial charge in [-0.1, -0.05) is 19.0 Å². The molecule has 0 radical (unpaired) electrons. The standard InChI is InChI=1S/C15H23N3O2/c1-12(2)7-16-8-13-4-5-18(9-13)10-14-6-15(11-19-3)20-17-14/h4-6,9,12,16H,7-8,10-11H2,1-3H3. The minimum absolute atomic E-state index is 0.461. The van der Waals surface area contributed by atoms with E-state index in [9.17, 15) is 0 Å². The third kappa shape index (κ3) is 4.51. The zero-order valence-electron chi connectivity index (χ0n) is 12.4. The van der Waals surface area contributed by atoms with Crippen LogP contribution in [0.2, 0.25) is 0 Å². The molecule has 20 heavy (non-hydrogen) atoms. The maximum atomic E-state index is 5.17. The van der Waals surface area contributed by atoms with Crippen LogP contribution in [-0.2, 0) is 24.4 Å². The van der Waals surface area contributed by atoms with E-state index >= 15 is 0 Å². The Morgan fingerprint density at radius 2 is 2.30 bits per heavy atom. The van der Waals surface area contributed by atoms with Crippen LogP contribution in [-0.4, -0.2) is 23.4 Å². The fourth-order valence-corrected chi connectivity index (χ4v) is 2.03. The number of aromatic nitrogens is 2. The molecule has 1 N–H and O–H groups in total. The van der Waals surface area contributed by atoms with Gasteiger partial charge in [-0.25, -0.2) is 0 Å². The Kier molecular flexibility index (Phi) is 5.38. The van der Waals surface area contributed by atoms with Crippen LogP contribution < -0.4 is 5.32 Å². The second-order valence-corrected chi connectivity index (χ2v) is 5.43. The second kappa shape index (κ2) is 7.26. The summed E-state index contributed by atoms with van der Waals surface area (Å²) in [4.78, 5) is 0. The first-order valence-electron chi connectivity index (χ1n) is 6.96. The maximum Gasteiger partial charge on any atom is 0.162 e.